The topological polar surface area (TPSA) is 20.2 Å². The van der Waals surface area contributed by atoms with E-state index in [1.54, 1.807) is 0 Å². The van der Waals surface area contributed by atoms with Gasteiger partial charge in [-0.15, -0.1) is 11.8 Å². The smallest absolute Gasteiger partial charge is 0.0581 e. The van der Waals surface area contributed by atoms with Crippen molar-refractivity contribution in [3.63, 3.8) is 0 Å². The van der Waals surface area contributed by atoms with E-state index >= 15 is 0 Å². The first-order chi connectivity index (χ1) is 6.74. The maximum Gasteiger partial charge on any atom is 0.0581 e. The molecule has 2 heteroatoms. The largest absolute Gasteiger partial charge is 0.395 e. The van der Waals surface area contributed by atoms with Crippen molar-refractivity contribution < 1.29 is 5.11 Å². The first kappa shape index (κ1) is 10.1. The second-order valence-corrected chi connectivity index (χ2v) is 5.65. The van der Waals surface area contributed by atoms with Crippen molar-refractivity contribution in [1.82, 2.24) is 0 Å². The molecule has 0 bridgehead atoms. The van der Waals surface area contributed by atoms with E-state index in [0.717, 1.165) is 12.8 Å². The minimum Gasteiger partial charge on any atom is -0.395 e. The van der Waals surface area contributed by atoms with Crippen LogP contribution in [0.2, 0.25) is 0 Å². The van der Waals surface area contributed by atoms with Crippen molar-refractivity contribution in [3.05, 3.63) is 29.8 Å². The fourth-order valence-electron chi connectivity index (χ4n) is 1.72. The molecule has 1 aliphatic rings. The third kappa shape index (κ3) is 1.96. The van der Waals surface area contributed by atoms with E-state index in [9.17, 15) is 5.11 Å². The molecule has 1 fully saturated rings. The zero-order chi connectivity index (χ0) is 10.0. The Morgan fingerprint density at radius 2 is 1.93 bits per heavy atom. The lowest BCUT2D eigenvalue weighted by Crippen LogP contribution is -2.37. The summed E-state index contributed by atoms with van der Waals surface area (Å²) < 4.78 is 0.134. The summed E-state index contributed by atoms with van der Waals surface area (Å²) in [4.78, 5) is 1.28. The van der Waals surface area contributed by atoms with Gasteiger partial charge in [-0.3, -0.25) is 0 Å². The van der Waals surface area contributed by atoms with Gasteiger partial charge in [0.1, 0.15) is 0 Å². The minimum absolute atomic E-state index is 0.134. The molecule has 1 saturated carbocycles. The van der Waals surface area contributed by atoms with Gasteiger partial charge in [0.15, 0.2) is 0 Å². The Bertz CT molecular complexity index is 295. The first-order valence-corrected chi connectivity index (χ1v) is 5.92. The van der Waals surface area contributed by atoms with Gasteiger partial charge in [0, 0.05) is 9.64 Å². The number of aliphatic hydroxyl groups is 1. The molecule has 0 aromatic heterocycles. The number of aliphatic hydroxyl groups excluding tert-OH is 1. The lowest BCUT2D eigenvalue weighted by Gasteiger charge is -2.39. The van der Waals surface area contributed by atoms with Crippen molar-refractivity contribution in [2.75, 3.05) is 6.61 Å². The van der Waals surface area contributed by atoms with Crippen molar-refractivity contribution in [3.8, 4) is 0 Å². The van der Waals surface area contributed by atoms with Crippen LogP contribution >= 0.6 is 11.8 Å². The zero-order valence-corrected chi connectivity index (χ0v) is 9.31. The van der Waals surface area contributed by atoms with Gasteiger partial charge in [-0.2, -0.15) is 0 Å². The molecule has 76 valence electrons. The molecule has 0 spiro atoms. The van der Waals surface area contributed by atoms with Crippen LogP contribution in [-0.2, 0) is 0 Å². The Kier molecular flexibility index (Phi) is 2.84. The molecular weight excluding hydrogens is 192 g/mol. The molecule has 1 nitrogen and oxygen atoms in total. The normalized spacial score (nSPS) is 19.0. The molecule has 1 N–H and O–H groups in total. The summed E-state index contributed by atoms with van der Waals surface area (Å²) >= 11 is 1.84. The van der Waals surface area contributed by atoms with Crippen LogP contribution in [0.15, 0.2) is 29.2 Å². The van der Waals surface area contributed by atoms with Crippen LogP contribution in [0, 0.1) is 6.92 Å². The lowest BCUT2D eigenvalue weighted by molar-refractivity contribution is 0.191. The van der Waals surface area contributed by atoms with E-state index in [1.807, 2.05) is 11.8 Å². The van der Waals surface area contributed by atoms with Gasteiger partial charge in [-0.1, -0.05) is 24.1 Å². The molecular formula is C12H16OS. The molecule has 0 amide bonds. The molecule has 0 radical (unpaired) electrons. The van der Waals surface area contributed by atoms with Gasteiger partial charge in [-0.25, -0.2) is 0 Å². The summed E-state index contributed by atoms with van der Waals surface area (Å²) in [6, 6.07) is 8.56. The van der Waals surface area contributed by atoms with Crippen LogP contribution in [0.1, 0.15) is 24.8 Å². The number of hydrogen-bond donors (Lipinski definition) is 1. The standard InChI is InChI=1S/C12H16OS/c1-10-3-5-11(6-4-10)14-12(9-13)7-2-8-12/h3-6,13H,2,7-9H2,1H3. The molecule has 14 heavy (non-hydrogen) atoms. The molecule has 1 aliphatic carbocycles. The van der Waals surface area contributed by atoms with E-state index in [0.29, 0.717) is 6.61 Å². The summed E-state index contributed by atoms with van der Waals surface area (Å²) in [6.07, 6.45) is 3.57. The van der Waals surface area contributed by atoms with Gasteiger partial charge >= 0.3 is 0 Å². The summed E-state index contributed by atoms with van der Waals surface area (Å²) in [5.41, 5.74) is 1.29. The average Bonchev–Trinajstić information content (AvgIpc) is 2.15. The van der Waals surface area contributed by atoms with Gasteiger partial charge in [0.05, 0.1) is 6.61 Å². The summed E-state index contributed by atoms with van der Waals surface area (Å²) in [7, 11) is 0. The Labute approximate surface area is 89.5 Å². The summed E-state index contributed by atoms with van der Waals surface area (Å²) in [5.74, 6) is 0. The molecule has 0 unspecified atom stereocenters. The van der Waals surface area contributed by atoms with Gasteiger partial charge < -0.3 is 5.11 Å². The van der Waals surface area contributed by atoms with E-state index in [2.05, 4.69) is 31.2 Å². The third-order valence-electron chi connectivity index (χ3n) is 2.91. The van der Waals surface area contributed by atoms with E-state index in [4.69, 9.17) is 0 Å². The molecule has 2 rings (SSSR count). The lowest BCUT2D eigenvalue weighted by atomic mass is 9.85. The first-order valence-electron chi connectivity index (χ1n) is 5.11. The van der Waals surface area contributed by atoms with Crippen LogP contribution in [0.4, 0.5) is 0 Å². The van der Waals surface area contributed by atoms with E-state index in [1.165, 1.54) is 16.9 Å². The van der Waals surface area contributed by atoms with Crippen LogP contribution in [-0.4, -0.2) is 16.5 Å². The number of aryl methyl sites for hydroxylation is 1. The molecule has 0 heterocycles. The van der Waals surface area contributed by atoms with Crippen LogP contribution in [0.5, 0.6) is 0 Å². The SMILES string of the molecule is Cc1ccc(SC2(CO)CCC2)cc1. The van der Waals surface area contributed by atoms with Crippen LogP contribution in [0.3, 0.4) is 0 Å². The molecule has 0 saturated heterocycles. The molecule has 1 aromatic rings. The maximum atomic E-state index is 9.33. The zero-order valence-electron chi connectivity index (χ0n) is 8.49. The second kappa shape index (κ2) is 3.95. The number of rotatable bonds is 3. The monoisotopic (exact) mass is 208 g/mol. The Morgan fingerprint density at radius 3 is 2.36 bits per heavy atom. The molecule has 1 aromatic carbocycles. The highest BCUT2D eigenvalue weighted by Gasteiger charge is 2.37. The molecule has 0 atom stereocenters. The van der Waals surface area contributed by atoms with Crippen molar-refractivity contribution >= 4 is 11.8 Å². The highest BCUT2D eigenvalue weighted by atomic mass is 32.2. The van der Waals surface area contributed by atoms with Crippen molar-refractivity contribution in [1.29, 1.82) is 0 Å². The summed E-state index contributed by atoms with van der Waals surface area (Å²) in [5, 5.41) is 9.33. The quantitative estimate of drug-likeness (QED) is 0.824. The van der Waals surface area contributed by atoms with Gasteiger partial charge in [0.2, 0.25) is 0 Å². The average molecular weight is 208 g/mol. The van der Waals surface area contributed by atoms with Crippen molar-refractivity contribution in [2.24, 2.45) is 0 Å². The van der Waals surface area contributed by atoms with Gasteiger partial charge in [-0.05, 0) is 31.9 Å². The summed E-state index contributed by atoms with van der Waals surface area (Å²) in [6.45, 7) is 2.41. The Morgan fingerprint density at radius 1 is 1.29 bits per heavy atom. The minimum atomic E-state index is 0.134. The predicted octanol–water partition coefficient (Wildman–Crippen LogP) is 3.00. The molecule has 0 aliphatic heterocycles. The number of thioether (sulfide) groups is 1. The van der Waals surface area contributed by atoms with Crippen molar-refractivity contribution in [2.45, 2.75) is 35.8 Å². The third-order valence-corrected chi connectivity index (χ3v) is 4.39. The fourth-order valence-corrected chi connectivity index (χ4v) is 3.05. The van der Waals surface area contributed by atoms with E-state index in [-0.39, 0.29) is 4.75 Å². The highest BCUT2D eigenvalue weighted by Crippen LogP contribution is 2.47. The van der Waals surface area contributed by atoms with Gasteiger partial charge in [0.25, 0.3) is 0 Å². The van der Waals surface area contributed by atoms with Crippen LogP contribution in [0.25, 0.3) is 0 Å². The number of hydrogen-bond acceptors (Lipinski definition) is 2. The predicted molar refractivity (Wildman–Crippen MR) is 60.7 cm³/mol. The maximum absolute atomic E-state index is 9.33. The van der Waals surface area contributed by atoms with Crippen LogP contribution < -0.4 is 0 Å². The Hall–Kier alpha value is -0.470. The fraction of sp³-hybridized carbons (Fsp3) is 0.500. The number of benzene rings is 1. The Balaban J connectivity index is 2.06. The highest BCUT2D eigenvalue weighted by molar-refractivity contribution is 8.00. The van der Waals surface area contributed by atoms with E-state index < -0.39 is 0 Å². The second-order valence-electron chi connectivity index (χ2n) is 4.11.